The Kier molecular flexibility index (Phi) is 6.69. The maximum absolute atomic E-state index is 11.5. The summed E-state index contributed by atoms with van der Waals surface area (Å²) in [6.07, 6.45) is 3.82. The summed E-state index contributed by atoms with van der Waals surface area (Å²) in [5.74, 6) is 1.14. The highest BCUT2D eigenvalue weighted by Gasteiger charge is 2.18. The Hall–Kier alpha value is -4.12. The fraction of sp³-hybridized carbons (Fsp3) is 0.143. The minimum absolute atomic E-state index is 0.160. The number of nitrogens with zero attached hydrogens (tertiary/aromatic N) is 1. The van der Waals surface area contributed by atoms with Gasteiger partial charge in [-0.2, -0.15) is 0 Å². The molecule has 33 heavy (non-hydrogen) atoms. The second-order valence-electron chi connectivity index (χ2n) is 7.44. The minimum atomic E-state index is -0.371. The normalized spacial score (nSPS) is 11.1. The average Bonchev–Trinajstić information content (AvgIpc) is 2.83. The lowest BCUT2D eigenvalue weighted by atomic mass is 9.98. The predicted molar refractivity (Wildman–Crippen MR) is 130 cm³/mol. The van der Waals surface area contributed by atoms with Crippen molar-refractivity contribution >= 4 is 22.9 Å². The lowest BCUT2D eigenvalue weighted by Crippen LogP contribution is -1.99. The fourth-order valence-electron chi connectivity index (χ4n) is 3.66. The molecule has 1 aromatic heterocycles. The van der Waals surface area contributed by atoms with Crippen LogP contribution in [0.2, 0.25) is 0 Å². The number of aryl methyl sites for hydroxylation is 1. The van der Waals surface area contributed by atoms with Gasteiger partial charge in [0.1, 0.15) is 17.2 Å². The molecule has 0 saturated heterocycles. The molecule has 1 N–H and O–H groups in total. The van der Waals surface area contributed by atoms with E-state index in [2.05, 4.69) is 6.92 Å². The van der Waals surface area contributed by atoms with E-state index in [9.17, 15) is 9.90 Å². The van der Waals surface area contributed by atoms with Gasteiger partial charge in [-0.05, 0) is 54.8 Å². The molecule has 0 amide bonds. The van der Waals surface area contributed by atoms with Gasteiger partial charge in [0.15, 0.2) is 0 Å². The van der Waals surface area contributed by atoms with E-state index in [0.29, 0.717) is 30.0 Å². The molecule has 0 atom stereocenters. The molecular weight excluding hydrogens is 414 g/mol. The monoisotopic (exact) mass is 439 g/mol. The number of aromatic hydroxyl groups is 1. The molecule has 1 heterocycles. The zero-order chi connectivity index (χ0) is 23.2. The van der Waals surface area contributed by atoms with Crippen LogP contribution in [-0.2, 0) is 16.0 Å². The Bertz CT molecular complexity index is 1300. The van der Waals surface area contributed by atoms with Crippen LogP contribution in [0.5, 0.6) is 17.2 Å². The number of benzene rings is 3. The van der Waals surface area contributed by atoms with Crippen molar-refractivity contribution in [3.8, 4) is 28.4 Å². The first-order chi connectivity index (χ1) is 16.1. The first-order valence-electron chi connectivity index (χ1n) is 10.9. The Morgan fingerprint density at radius 1 is 1.00 bits per heavy atom. The number of carbonyl (C=O) groups excluding carboxylic acids is 1. The Morgan fingerprint density at radius 2 is 1.76 bits per heavy atom. The zero-order valence-electron chi connectivity index (χ0n) is 18.6. The number of fused-ring (bicyclic) bond motifs is 1. The van der Waals surface area contributed by atoms with Crippen LogP contribution in [-0.4, -0.2) is 22.7 Å². The molecule has 0 aliphatic heterocycles. The van der Waals surface area contributed by atoms with Crippen molar-refractivity contribution in [3.05, 3.63) is 90.1 Å². The van der Waals surface area contributed by atoms with Gasteiger partial charge in [0.05, 0.1) is 17.8 Å². The summed E-state index contributed by atoms with van der Waals surface area (Å²) in [5.41, 5.74) is 4.37. The molecule has 4 rings (SSSR count). The molecule has 4 aromatic rings. The molecule has 0 radical (unpaired) electrons. The maximum Gasteiger partial charge on any atom is 0.330 e. The van der Waals surface area contributed by atoms with E-state index in [1.54, 1.807) is 25.1 Å². The van der Waals surface area contributed by atoms with Gasteiger partial charge in [-0.25, -0.2) is 4.79 Å². The number of phenolic OH excluding ortho intramolecular Hbond substituents is 1. The van der Waals surface area contributed by atoms with Crippen LogP contribution in [0.25, 0.3) is 28.1 Å². The molecule has 0 bridgehead atoms. The summed E-state index contributed by atoms with van der Waals surface area (Å²) in [4.78, 5) is 16.4. The lowest BCUT2D eigenvalue weighted by Gasteiger charge is -2.18. The van der Waals surface area contributed by atoms with Gasteiger partial charge in [0, 0.05) is 23.1 Å². The molecule has 5 heteroatoms. The zero-order valence-corrected chi connectivity index (χ0v) is 18.6. The van der Waals surface area contributed by atoms with E-state index in [-0.39, 0.29) is 11.7 Å². The smallest absolute Gasteiger partial charge is 0.330 e. The number of pyridine rings is 1. The number of phenols is 1. The number of hydrogen-bond donors (Lipinski definition) is 1. The highest BCUT2D eigenvalue weighted by molar-refractivity contribution is 5.94. The van der Waals surface area contributed by atoms with Gasteiger partial charge in [0.25, 0.3) is 0 Å². The summed E-state index contributed by atoms with van der Waals surface area (Å²) < 4.78 is 11.4. The highest BCUT2D eigenvalue weighted by Crippen LogP contribution is 2.41. The van der Waals surface area contributed by atoms with E-state index in [1.165, 1.54) is 6.08 Å². The summed E-state index contributed by atoms with van der Waals surface area (Å²) in [7, 11) is 0. The molecule has 5 nitrogen and oxygen atoms in total. The third-order valence-electron chi connectivity index (χ3n) is 5.19. The molecule has 0 aliphatic carbocycles. The Morgan fingerprint density at radius 3 is 2.45 bits per heavy atom. The van der Waals surface area contributed by atoms with Crippen molar-refractivity contribution in [2.24, 2.45) is 0 Å². The second kappa shape index (κ2) is 10.0. The van der Waals surface area contributed by atoms with Gasteiger partial charge in [-0.1, -0.05) is 49.4 Å². The van der Waals surface area contributed by atoms with Crippen molar-refractivity contribution in [2.75, 3.05) is 6.61 Å². The average molecular weight is 440 g/mol. The minimum Gasteiger partial charge on any atom is -0.508 e. The third-order valence-corrected chi connectivity index (χ3v) is 5.19. The Balaban J connectivity index is 1.77. The summed E-state index contributed by atoms with van der Waals surface area (Å²) in [6.45, 7) is 4.17. The number of ether oxygens (including phenoxy) is 2. The molecule has 3 aromatic carbocycles. The molecular formula is C28H25NO4. The van der Waals surface area contributed by atoms with Crippen LogP contribution < -0.4 is 4.74 Å². The standard InChI is InChI=1S/C28H25NO4/c1-3-24-27(20-8-6-5-7-9-20)28(23-16-13-21(30)18-25(23)29-24)33-22-14-10-19(11-15-22)12-17-26(31)32-4-2/h5-18,30H,3-4H2,1-2H3/b17-12+. The van der Waals surface area contributed by atoms with Crippen molar-refractivity contribution < 1.29 is 19.4 Å². The summed E-state index contributed by atoms with van der Waals surface area (Å²) in [5, 5.41) is 10.8. The van der Waals surface area contributed by atoms with Crippen molar-refractivity contribution in [1.29, 1.82) is 0 Å². The fourth-order valence-corrected chi connectivity index (χ4v) is 3.66. The summed E-state index contributed by atoms with van der Waals surface area (Å²) >= 11 is 0. The molecule has 0 spiro atoms. The summed E-state index contributed by atoms with van der Waals surface area (Å²) in [6, 6.07) is 22.6. The first kappa shape index (κ1) is 22.1. The van der Waals surface area contributed by atoms with E-state index < -0.39 is 0 Å². The van der Waals surface area contributed by atoms with E-state index in [1.807, 2.05) is 60.7 Å². The van der Waals surface area contributed by atoms with E-state index in [0.717, 1.165) is 27.8 Å². The van der Waals surface area contributed by atoms with Crippen LogP contribution in [0.1, 0.15) is 25.1 Å². The number of carbonyl (C=O) groups is 1. The number of aromatic nitrogens is 1. The van der Waals surface area contributed by atoms with Crippen LogP contribution in [0.4, 0.5) is 0 Å². The van der Waals surface area contributed by atoms with Crippen molar-refractivity contribution in [1.82, 2.24) is 4.98 Å². The number of hydrogen-bond acceptors (Lipinski definition) is 5. The van der Waals surface area contributed by atoms with Crippen LogP contribution in [0.3, 0.4) is 0 Å². The van der Waals surface area contributed by atoms with Crippen LogP contribution in [0.15, 0.2) is 78.9 Å². The van der Waals surface area contributed by atoms with Crippen molar-refractivity contribution in [3.63, 3.8) is 0 Å². The Labute approximate surface area is 192 Å². The molecule has 0 unspecified atom stereocenters. The molecule has 0 saturated carbocycles. The van der Waals surface area contributed by atoms with Gasteiger partial charge in [0.2, 0.25) is 0 Å². The third kappa shape index (κ3) is 5.04. The van der Waals surface area contributed by atoms with Crippen molar-refractivity contribution in [2.45, 2.75) is 20.3 Å². The second-order valence-corrected chi connectivity index (χ2v) is 7.44. The van der Waals surface area contributed by atoms with Gasteiger partial charge in [-0.15, -0.1) is 0 Å². The maximum atomic E-state index is 11.5. The molecule has 0 aliphatic rings. The van der Waals surface area contributed by atoms with Crippen LogP contribution >= 0.6 is 0 Å². The largest absolute Gasteiger partial charge is 0.508 e. The molecule has 0 fully saturated rings. The predicted octanol–water partition coefficient (Wildman–Crippen LogP) is 6.54. The van der Waals surface area contributed by atoms with Gasteiger partial charge in [-0.3, -0.25) is 4.98 Å². The topological polar surface area (TPSA) is 68.7 Å². The van der Waals surface area contributed by atoms with E-state index >= 15 is 0 Å². The van der Waals surface area contributed by atoms with Crippen LogP contribution in [0, 0.1) is 0 Å². The SMILES string of the molecule is CCOC(=O)/C=C/c1ccc(Oc2c(-c3ccccc3)c(CC)nc3cc(O)ccc23)cc1. The number of rotatable bonds is 7. The van der Waals surface area contributed by atoms with Gasteiger partial charge < -0.3 is 14.6 Å². The highest BCUT2D eigenvalue weighted by atomic mass is 16.5. The quantitative estimate of drug-likeness (QED) is 0.262. The van der Waals surface area contributed by atoms with Gasteiger partial charge >= 0.3 is 5.97 Å². The van der Waals surface area contributed by atoms with E-state index in [4.69, 9.17) is 14.5 Å². The number of esters is 1. The lowest BCUT2D eigenvalue weighted by molar-refractivity contribution is -0.137. The molecule has 166 valence electrons. The first-order valence-corrected chi connectivity index (χ1v) is 10.9.